The molecule has 0 atom stereocenters. The van der Waals surface area contributed by atoms with Crippen LogP contribution in [0.5, 0.6) is 0 Å². The number of nitrogens with zero attached hydrogens (tertiary/aromatic N) is 3. The molecule has 0 spiro atoms. The molecule has 0 aliphatic rings. The van der Waals surface area contributed by atoms with Gasteiger partial charge in [0.2, 0.25) is 5.91 Å². The van der Waals surface area contributed by atoms with Crippen molar-refractivity contribution in [2.75, 3.05) is 31.6 Å². The van der Waals surface area contributed by atoms with Gasteiger partial charge >= 0.3 is 0 Å². The van der Waals surface area contributed by atoms with Gasteiger partial charge in [0, 0.05) is 25.8 Å². The van der Waals surface area contributed by atoms with Gasteiger partial charge in [0.05, 0.1) is 18.2 Å². The minimum atomic E-state index is -0.476. The van der Waals surface area contributed by atoms with Crippen LogP contribution >= 0.6 is 0 Å². The number of likely N-dealkylation sites (N-methyl/N-ethyl adjacent to an activating group) is 2. The highest BCUT2D eigenvalue weighted by molar-refractivity contribution is 5.81. The minimum absolute atomic E-state index is 0.0183. The summed E-state index contributed by atoms with van der Waals surface area (Å²) < 4.78 is 13.3. The van der Waals surface area contributed by atoms with Crippen LogP contribution in [-0.2, 0) is 4.79 Å². The third-order valence-corrected chi connectivity index (χ3v) is 2.94. The highest BCUT2D eigenvalue weighted by atomic mass is 19.1. The lowest BCUT2D eigenvalue weighted by atomic mass is 10.2. The zero-order valence-electron chi connectivity index (χ0n) is 11.5. The number of hydrogen-bond acceptors (Lipinski definition) is 3. The summed E-state index contributed by atoms with van der Waals surface area (Å²) in [4.78, 5) is 15.3. The van der Waals surface area contributed by atoms with Crippen molar-refractivity contribution in [3.63, 3.8) is 0 Å². The SMILES string of the molecule is CCN(CC)C(=O)CN(C)c1cc(F)cc(C#N)c1. The normalized spacial score (nSPS) is 9.84. The molecule has 0 saturated carbocycles. The van der Waals surface area contributed by atoms with Gasteiger partial charge in [0.1, 0.15) is 5.82 Å². The Kier molecular flexibility index (Phi) is 5.31. The molecule has 0 heterocycles. The Balaban J connectivity index is 2.84. The van der Waals surface area contributed by atoms with Crippen LogP contribution in [0.1, 0.15) is 19.4 Å². The summed E-state index contributed by atoms with van der Waals surface area (Å²) in [6.07, 6.45) is 0. The van der Waals surface area contributed by atoms with E-state index in [1.165, 1.54) is 12.1 Å². The van der Waals surface area contributed by atoms with Gasteiger partial charge in [-0.2, -0.15) is 5.26 Å². The highest BCUT2D eigenvalue weighted by Gasteiger charge is 2.13. The number of amides is 1. The molecule has 0 aliphatic heterocycles. The average Bonchev–Trinajstić information content (AvgIpc) is 2.39. The van der Waals surface area contributed by atoms with Gasteiger partial charge in [-0.3, -0.25) is 4.79 Å². The quantitative estimate of drug-likeness (QED) is 0.816. The lowest BCUT2D eigenvalue weighted by Crippen LogP contribution is -2.38. The van der Waals surface area contributed by atoms with E-state index in [2.05, 4.69) is 0 Å². The molecule has 0 saturated heterocycles. The van der Waals surface area contributed by atoms with Gasteiger partial charge in [0.15, 0.2) is 0 Å². The Bertz CT molecular complexity index is 492. The molecular weight excluding hydrogens is 245 g/mol. The maximum atomic E-state index is 13.3. The number of halogens is 1. The second-order valence-corrected chi connectivity index (χ2v) is 4.23. The number of carbonyl (C=O) groups is 1. The molecule has 0 radical (unpaired) electrons. The van der Waals surface area contributed by atoms with Crippen LogP contribution in [0.3, 0.4) is 0 Å². The Labute approximate surface area is 113 Å². The maximum absolute atomic E-state index is 13.3. The largest absolute Gasteiger partial charge is 0.365 e. The fraction of sp³-hybridized carbons (Fsp3) is 0.429. The second kappa shape index (κ2) is 6.74. The number of rotatable bonds is 5. The first-order valence-electron chi connectivity index (χ1n) is 6.21. The van der Waals surface area contributed by atoms with E-state index in [-0.39, 0.29) is 18.0 Å². The summed E-state index contributed by atoms with van der Waals surface area (Å²) in [6, 6.07) is 5.95. The first-order chi connectivity index (χ1) is 9.01. The molecule has 0 unspecified atom stereocenters. The highest BCUT2D eigenvalue weighted by Crippen LogP contribution is 2.17. The Morgan fingerprint density at radius 2 is 1.95 bits per heavy atom. The van der Waals surface area contributed by atoms with Crippen molar-refractivity contribution in [2.45, 2.75) is 13.8 Å². The molecule has 19 heavy (non-hydrogen) atoms. The van der Waals surface area contributed by atoms with Gasteiger partial charge in [-0.1, -0.05) is 0 Å². The summed E-state index contributed by atoms with van der Waals surface area (Å²) in [5, 5.41) is 8.80. The van der Waals surface area contributed by atoms with Crippen molar-refractivity contribution in [1.29, 1.82) is 5.26 Å². The van der Waals surface area contributed by atoms with E-state index in [1.54, 1.807) is 22.9 Å². The molecule has 1 rings (SSSR count). The Hall–Kier alpha value is -2.09. The zero-order chi connectivity index (χ0) is 14.4. The smallest absolute Gasteiger partial charge is 0.242 e. The fourth-order valence-electron chi connectivity index (χ4n) is 1.83. The molecule has 5 heteroatoms. The number of nitriles is 1. The second-order valence-electron chi connectivity index (χ2n) is 4.23. The van der Waals surface area contributed by atoms with Crippen molar-refractivity contribution in [2.24, 2.45) is 0 Å². The number of hydrogen-bond donors (Lipinski definition) is 0. The van der Waals surface area contributed by atoms with Gasteiger partial charge < -0.3 is 9.80 Å². The fourth-order valence-corrected chi connectivity index (χ4v) is 1.83. The van der Waals surface area contributed by atoms with Crippen LogP contribution in [-0.4, -0.2) is 37.5 Å². The van der Waals surface area contributed by atoms with E-state index in [1.807, 2.05) is 19.9 Å². The Morgan fingerprint density at radius 3 is 2.47 bits per heavy atom. The summed E-state index contributed by atoms with van der Waals surface area (Å²) in [7, 11) is 1.71. The predicted octanol–water partition coefficient (Wildman–Crippen LogP) is 2.00. The van der Waals surface area contributed by atoms with Crippen LogP contribution in [0, 0.1) is 17.1 Å². The first kappa shape index (κ1) is 15.0. The lowest BCUT2D eigenvalue weighted by molar-refractivity contribution is -0.129. The molecule has 4 nitrogen and oxygen atoms in total. The van der Waals surface area contributed by atoms with E-state index in [4.69, 9.17) is 5.26 Å². The standard InChI is InChI=1S/C14H18FN3O/c1-4-18(5-2)14(19)10-17(3)13-7-11(9-16)6-12(15)8-13/h6-8H,4-5,10H2,1-3H3. The molecule has 0 fully saturated rings. The summed E-state index contributed by atoms with van der Waals surface area (Å²) in [6.45, 7) is 5.29. The van der Waals surface area contributed by atoms with Gasteiger partial charge in [-0.25, -0.2) is 4.39 Å². The number of benzene rings is 1. The van der Waals surface area contributed by atoms with E-state index in [0.717, 1.165) is 0 Å². The predicted molar refractivity (Wildman–Crippen MR) is 72.3 cm³/mol. The summed E-state index contributed by atoms with van der Waals surface area (Å²) in [5.74, 6) is -0.494. The third kappa shape index (κ3) is 3.95. The van der Waals surface area contributed by atoms with Crippen molar-refractivity contribution < 1.29 is 9.18 Å². The van der Waals surface area contributed by atoms with Crippen molar-refractivity contribution in [1.82, 2.24) is 4.90 Å². The van der Waals surface area contributed by atoms with Gasteiger partial charge in [-0.05, 0) is 32.0 Å². The molecule has 1 amide bonds. The van der Waals surface area contributed by atoms with E-state index < -0.39 is 5.82 Å². The van der Waals surface area contributed by atoms with Crippen LogP contribution in [0.25, 0.3) is 0 Å². The summed E-state index contributed by atoms with van der Waals surface area (Å²) in [5.41, 5.74) is 0.772. The van der Waals surface area contributed by atoms with Crippen LogP contribution in [0.15, 0.2) is 18.2 Å². The first-order valence-corrected chi connectivity index (χ1v) is 6.21. The van der Waals surface area contributed by atoms with E-state index in [0.29, 0.717) is 18.8 Å². The molecule has 102 valence electrons. The third-order valence-electron chi connectivity index (χ3n) is 2.94. The van der Waals surface area contributed by atoms with Crippen LogP contribution in [0.4, 0.5) is 10.1 Å². The number of anilines is 1. The lowest BCUT2D eigenvalue weighted by Gasteiger charge is -2.24. The summed E-state index contributed by atoms with van der Waals surface area (Å²) >= 11 is 0. The molecule has 0 aliphatic carbocycles. The van der Waals surface area contributed by atoms with E-state index in [9.17, 15) is 9.18 Å². The maximum Gasteiger partial charge on any atom is 0.242 e. The molecule has 0 N–H and O–H groups in total. The topological polar surface area (TPSA) is 47.3 Å². The van der Waals surface area contributed by atoms with Gasteiger partial charge in [-0.15, -0.1) is 0 Å². The van der Waals surface area contributed by atoms with E-state index >= 15 is 0 Å². The average molecular weight is 263 g/mol. The van der Waals surface area contributed by atoms with Crippen molar-refractivity contribution >= 4 is 11.6 Å². The van der Waals surface area contributed by atoms with Crippen LogP contribution < -0.4 is 4.90 Å². The van der Waals surface area contributed by atoms with Crippen molar-refractivity contribution in [3.8, 4) is 6.07 Å². The monoisotopic (exact) mass is 263 g/mol. The molecule has 1 aromatic rings. The molecule has 0 aromatic heterocycles. The minimum Gasteiger partial charge on any atom is -0.365 e. The Morgan fingerprint density at radius 1 is 1.32 bits per heavy atom. The zero-order valence-corrected chi connectivity index (χ0v) is 11.5. The molecule has 1 aromatic carbocycles. The van der Waals surface area contributed by atoms with Gasteiger partial charge in [0.25, 0.3) is 0 Å². The number of carbonyl (C=O) groups excluding carboxylic acids is 1. The molecular formula is C14H18FN3O. The van der Waals surface area contributed by atoms with Crippen molar-refractivity contribution in [3.05, 3.63) is 29.6 Å². The molecule has 0 bridgehead atoms. The van der Waals surface area contributed by atoms with Crippen LogP contribution in [0.2, 0.25) is 0 Å².